The Hall–Kier alpha value is -2.83. The number of benzene rings is 2. The van der Waals surface area contributed by atoms with E-state index >= 15 is 0 Å². The monoisotopic (exact) mass is 796 g/mol. The number of hydrogen-bond donors (Lipinski definition) is 1. The molecule has 4 aliphatic heterocycles. The van der Waals surface area contributed by atoms with Gasteiger partial charge in [0.1, 0.15) is 43.0 Å². The summed E-state index contributed by atoms with van der Waals surface area (Å²) in [6.45, 7) is 14.0. The predicted molar refractivity (Wildman–Crippen MR) is 196 cm³/mol. The van der Waals surface area contributed by atoms with Gasteiger partial charge in [-0.3, -0.25) is 13.9 Å². The van der Waals surface area contributed by atoms with E-state index < -0.39 is 74.5 Å². The highest BCUT2D eigenvalue weighted by atomic mass is 79.9. The van der Waals surface area contributed by atoms with Crippen molar-refractivity contribution in [3.63, 3.8) is 0 Å². The van der Waals surface area contributed by atoms with E-state index in [1.54, 1.807) is 18.4 Å². The topological polar surface area (TPSA) is 138 Å². The van der Waals surface area contributed by atoms with Crippen molar-refractivity contribution in [2.24, 2.45) is 0 Å². The Bertz CT molecular complexity index is 1960. The molecule has 0 bridgehead atoms. The third kappa shape index (κ3) is 5.84. The second kappa shape index (κ2) is 12.9. The van der Waals surface area contributed by atoms with Gasteiger partial charge in [0, 0.05) is 0 Å². The number of ether oxygens (including phenoxy) is 6. The van der Waals surface area contributed by atoms with Crippen LogP contribution in [0.5, 0.6) is 0 Å². The second-order valence-electron chi connectivity index (χ2n) is 15.8. The lowest BCUT2D eigenvalue weighted by atomic mass is 10.1. The molecule has 52 heavy (non-hydrogen) atoms. The van der Waals surface area contributed by atoms with Gasteiger partial charge in [0.05, 0.1) is 13.2 Å². The minimum atomic E-state index is -2.90. The molecule has 4 fully saturated rings. The third-order valence-corrected chi connectivity index (χ3v) is 16.0. The van der Waals surface area contributed by atoms with Crippen LogP contribution < -0.4 is 15.9 Å². The van der Waals surface area contributed by atoms with Crippen LogP contribution in [0, 0.1) is 0 Å². The maximum atomic E-state index is 14.1. The molecule has 6 heterocycles. The first-order chi connectivity index (χ1) is 24.6. The Morgan fingerprint density at radius 2 is 1.35 bits per heavy atom. The smallest absolute Gasteiger partial charge is 0.283 e. The Kier molecular flexibility index (Phi) is 8.97. The minimum Gasteiger partial charge on any atom is -0.405 e. The summed E-state index contributed by atoms with van der Waals surface area (Å²) < 4.78 is 48.7. The SMILES string of the molecule is CC1(C)O[C@@H]2[C@H](O1)[C@@H](CO)O[C@H]2n1cnc2c(nc(Br)n2[C@@H]2O[C@H](CO[Si](c3ccccc3)(c3ccccc3)C(C)(C)C)[C@H]3OC(C)(C)O[C@H]32)c1=O. The van der Waals surface area contributed by atoms with Gasteiger partial charge in [-0.05, 0) is 59.0 Å². The van der Waals surface area contributed by atoms with E-state index in [1.165, 1.54) is 10.9 Å². The number of aliphatic hydroxyl groups excluding tert-OH is 1. The van der Waals surface area contributed by atoms with E-state index in [1.807, 2.05) is 26.0 Å². The van der Waals surface area contributed by atoms with E-state index in [4.69, 9.17) is 37.8 Å². The van der Waals surface area contributed by atoms with Gasteiger partial charge in [-0.15, -0.1) is 0 Å². The van der Waals surface area contributed by atoms with Crippen molar-refractivity contribution >= 4 is 45.8 Å². The van der Waals surface area contributed by atoms with Crippen LogP contribution in [0.3, 0.4) is 0 Å². The molecule has 4 saturated heterocycles. The van der Waals surface area contributed by atoms with Crippen molar-refractivity contribution in [1.82, 2.24) is 19.1 Å². The van der Waals surface area contributed by atoms with E-state index in [-0.39, 0.29) is 23.8 Å². The van der Waals surface area contributed by atoms with Crippen LogP contribution in [-0.4, -0.2) is 93.9 Å². The van der Waals surface area contributed by atoms with Crippen LogP contribution in [0.2, 0.25) is 5.04 Å². The molecule has 2 aromatic carbocycles. The third-order valence-electron chi connectivity index (χ3n) is 10.4. The van der Waals surface area contributed by atoms with Crippen molar-refractivity contribution in [3.8, 4) is 0 Å². The maximum Gasteiger partial charge on any atom is 0.283 e. The summed E-state index contributed by atoms with van der Waals surface area (Å²) in [6, 6.07) is 20.9. The Morgan fingerprint density at radius 1 is 0.827 bits per heavy atom. The lowest BCUT2D eigenvalue weighted by molar-refractivity contribution is -0.200. The van der Waals surface area contributed by atoms with Crippen LogP contribution in [0.25, 0.3) is 11.2 Å². The molecule has 4 aliphatic rings. The summed E-state index contributed by atoms with van der Waals surface area (Å²) in [5.74, 6) is -1.80. The standard InChI is InChI=1S/C37H45BrN4O9Si/c1-35(2,3)52(21-14-10-8-11-15-21,22-16-12-9-13-17-22)45-19-24-27-29(51-37(6,7)49-27)33(47-24)42-30-25(40-34(42)38)31(44)41(20-39-30)32-28-26(23(18-43)46-32)48-36(4,5)50-28/h8-17,20,23-24,26-29,32-33,43H,18-19H2,1-7H3/t23-,24-,26-,27-,28-,29-,32-,33-/m1/s1. The summed E-state index contributed by atoms with van der Waals surface area (Å²) in [6.07, 6.45) is -3.62. The number of halogens is 1. The molecule has 1 N–H and O–H groups in total. The van der Waals surface area contributed by atoms with E-state index in [0.717, 1.165) is 10.4 Å². The highest BCUT2D eigenvalue weighted by molar-refractivity contribution is 9.10. The van der Waals surface area contributed by atoms with Gasteiger partial charge in [0.15, 0.2) is 39.9 Å². The number of hydrogen-bond acceptors (Lipinski definition) is 11. The highest BCUT2D eigenvalue weighted by Crippen LogP contribution is 2.46. The Morgan fingerprint density at radius 3 is 1.90 bits per heavy atom. The van der Waals surface area contributed by atoms with Gasteiger partial charge >= 0.3 is 0 Å². The zero-order valence-electron chi connectivity index (χ0n) is 30.3. The first kappa shape index (κ1) is 36.2. The predicted octanol–water partition coefficient (Wildman–Crippen LogP) is 3.76. The first-order valence-electron chi connectivity index (χ1n) is 17.7. The van der Waals surface area contributed by atoms with E-state index in [2.05, 4.69) is 90.2 Å². The van der Waals surface area contributed by atoms with Crippen LogP contribution in [0.4, 0.5) is 0 Å². The quantitative estimate of drug-likeness (QED) is 0.206. The van der Waals surface area contributed by atoms with Crippen LogP contribution >= 0.6 is 15.9 Å². The van der Waals surface area contributed by atoms with Crippen LogP contribution in [-0.2, 0) is 32.8 Å². The molecule has 278 valence electrons. The van der Waals surface area contributed by atoms with Crippen molar-refractivity contribution < 1.29 is 38.0 Å². The zero-order chi connectivity index (χ0) is 36.8. The number of fused-ring (bicyclic) bond motifs is 3. The molecule has 15 heteroatoms. The van der Waals surface area contributed by atoms with Gasteiger partial charge in [0.25, 0.3) is 13.9 Å². The van der Waals surface area contributed by atoms with Crippen molar-refractivity contribution in [2.75, 3.05) is 13.2 Å². The van der Waals surface area contributed by atoms with Gasteiger partial charge in [0.2, 0.25) is 0 Å². The molecule has 0 saturated carbocycles. The Balaban J connectivity index is 1.14. The largest absolute Gasteiger partial charge is 0.405 e. The molecule has 0 amide bonds. The number of aromatic nitrogens is 4. The molecule has 4 aromatic rings. The molecule has 13 nitrogen and oxygen atoms in total. The number of aliphatic hydroxyl groups is 1. The van der Waals surface area contributed by atoms with Crippen molar-refractivity contribution in [1.29, 1.82) is 0 Å². The van der Waals surface area contributed by atoms with E-state index in [9.17, 15) is 9.90 Å². The van der Waals surface area contributed by atoms with Gasteiger partial charge in [-0.2, -0.15) is 0 Å². The summed E-state index contributed by atoms with van der Waals surface area (Å²) in [5, 5.41) is 12.1. The van der Waals surface area contributed by atoms with Crippen LogP contribution in [0.15, 0.2) is 76.5 Å². The molecule has 0 aliphatic carbocycles. The fraction of sp³-hybridized carbons (Fsp3) is 0.541. The lowest BCUT2D eigenvalue weighted by Crippen LogP contribution is -2.67. The fourth-order valence-corrected chi connectivity index (χ4v) is 13.5. The lowest BCUT2D eigenvalue weighted by Gasteiger charge is -2.43. The van der Waals surface area contributed by atoms with E-state index in [0.29, 0.717) is 10.4 Å². The molecule has 0 radical (unpaired) electrons. The highest BCUT2D eigenvalue weighted by Gasteiger charge is 2.59. The average Bonchev–Trinajstić information content (AvgIpc) is 3.86. The maximum absolute atomic E-state index is 14.1. The average molecular weight is 798 g/mol. The molecular formula is C37H45BrN4O9Si. The fourth-order valence-electron chi connectivity index (χ4n) is 8.36. The molecule has 0 spiro atoms. The van der Waals surface area contributed by atoms with Gasteiger partial charge in [-0.25, -0.2) is 9.97 Å². The summed E-state index contributed by atoms with van der Waals surface area (Å²) in [5.41, 5.74) is -0.0356. The number of imidazole rings is 1. The zero-order valence-corrected chi connectivity index (χ0v) is 32.8. The van der Waals surface area contributed by atoms with Crippen molar-refractivity contribution in [3.05, 3.63) is 82.1 Å². The van der Waals surface area contributed by atoms with Crippen LogP contribution in [0.1, 0.15) is 60.9 Å². The number of rotatable bonds is 8. The second-order valence-corrected chi connectivity index (χ2v) is 20.8. The molecule has 2 aromatic heterocycles. The Labute approximate surface area is 311 Å². The van der Waals surface area contributed by atoms with Gasteiger partial charge < -0.3 is 38.0 Å². The normalized spacial score (nSPS) is 30.9. The summed E-state index contributed by atoms with van der Waals surface area (Å²) in [4.78, 5) is 23.4. The molecule has 8 rings (SSSR count). The summed E-state index contributed by atoms with van der Waals surface area (Å²) in [7, 11) is -2.90. The molecular weight excluding hydrogens is 752 g/mol. The molecule has 8 atom stereocenters. The summed E-state index contributed by atoms with van der Waals surface area (Å²) >= 11 is 3.60. The molecule has 0 unspecified atom stereocenters. The van der Waals surface area contributed by atoms with Crippen molar-refractivity contribution in [2.45, 2.75) is 114 Å². The first-order valence-corrected chi connectivity index (χ1v) is 20.4. The number of nitrogens with zero attached hydrogens (tertiary/aromatic N) is 4. The minimum absolute atomic E-state index is 0.102. The van der Waals surface area contributed by atoms with Gasteiger partial charge in [-0.1, -0.05) is 81.4 Å².